The van der Waals surface area contributed by atoms with E-state index in [-0.39, 0.29) is 18.7 Å². The number of hydrogen-bond donors (Lipinski definition) is 3. The summed E-state index contributed by atoms with van der Waals surface area (Å²) in [6.45, 7) is 5.11. The Morgan fingerprint density at radius 1 is 1.30 bits per heavy atom. The lowest BCUT2D eigenvalue weighted by Crippen LogP contribution is -2.32. The Morgan fingerprint density at radius 2 is 1.95 bits per heavy atom. The molecule has 1 rings (SSSR count). The zero-order chi connectivity index (χ0) is 15.3. The molecule has 1 aromatic carbocycles. The van der Waals surface area contributed by atoms with Gasteiger partial charge >= 0.3 is 12.1 Å². The minimum Gasteiger partial charge on any atom is -0.478 e. The van der Waals surface area contributed by atoms with E-state index >= 15 is 0 Å². The first-order chi connectivity index (χ1) is 9.23. The molecular formula is C14H19NO5. The zero-order valence-corrected chi connectivity index (χ0v) is 11.8. The number of carbonyl (C=O) groups is 2. The second kappa shape index (κ2) is 6.38. The highest BCUT2D eigenvalue weighted by Gasteiger charge is 2.16. The summed E-state index contributed by atoms with van der Waals surface area (Å²) in [6, 6.07) is 4.53. The van der Waals surface area contributed by atoms with Crippen molar-refractivity contribution in [2.75, 3.05) is 0 Å². The van der Waals surface area contributed by atoms with E-state index in [9.17, 15) is 9.59 Å². The monoisotopic (exact) mass is 281 g/mol. The highest BCUT2D eigenvalue weighted by atomic mass is 16.6. The van der Waals surface area contributed by atoms with Gasteiger partial charge in [-0.3, -0.25) is 0 Å². The third-order valence-corrected chi connectivity index (χ3v) is 2.41. The smallest absolute Gasteiger partial charge is 0.407 e. The molecule has 0 unspecified atom stereocenters. The topological polar surface area (TPSA) is 95.9 Å². The molecule has 0 radical (unpaired) electrons. The molecule has 6 nitrogen and oxygen atoms in total. The molecule has 6 heteroatoms. The van der Waals surface area contributed by atoms with Gasteiger partial charge in [0.05, 0.1) is 12.2 Å². The number of aliphatic hydroxyl groups is 1. The van der Waals surface area contributed by atoms with Crippen LogP contribution in [-0.4, -0.2) is 27.9 Å². The Balaban J connectivity index is 2.70. The van der Waals surface area contributed by atoms with E-state index < -0.39 is 17.7 Å². The van der Waals surface area contributed by atoms with Crippen LogP contribution in [0.25, 0.3) is 0 Å². The molecule has 0 aliphatic carbocycles. The van der Waals surface area contributed by atoms with Crippen molar-refractivity contribution in [3.63, 3.8) is 0 Å². The van der Waals surface area contributed by atoms with Crippen molar-refractivity contribution in [3.8, 4) is 0 Å². The zero-order valence-electron chi connectivity index (χ0n) is 11.8. The first-order valence-electron chi connectivity index (χ1n) is 6.16. The number of rotatable bonds is 4. The SMILES string of the molecule is CC(C)(C)OC(=O)NCc1ccc(C(=O)O)c(CO)c1. The van der Waals surface area contributed by atoms with Gasteiger partial charge in [0.15, 0.2) is 0 Å². The van der Waals surface area contributed by atoms with Crippen LogP contribution in [0.1, 0.15) is 42.3 Å². The van der Waals surface area contributed by atoms with Crippen LogP contribution in [0.5, 0.6) is 0 Å². The van der Waals surface area contributed by atoms with Gasteiger partial charge in [0.2, 0.25) is 0 Å². The molecule has 3 N–H and O–H groups in total. The third-order valence-electron chi connectivity index (χ3n) is 2.41. The number of carboxylic acid groups (broad SMARTS) is 1. The summed E-state index contributed by atoms with van der Waals surface area (Å²) in [4.78, 5) is 22.4. The first-order valence-corrected chi connectivity index (χ1v) is 6.16. The van der Waals surface area contributed by atoms with Crippen LogP contribution >= 0.6 is 0 Å². The van der Waals surface area contributed by atoms with Gasteiger partial charge in [0, 0.05) is 6.54 Å². The van der Waals surface area contributed by atoms with E-state index in [0.717, 1.165) is 0 Å². The van der Waals surface area contributed by atoms with Crippen molar-refractivity contribution < 1.29 is 24.5 Å². The summed E-state index contributed by atoms with van der Waals surface area (Å²) in [6.07, 6.45) is -0.551. The minimum absolute atomic E-state index is 0.0496. The molecule has 0 heterocycles. The maximum atomic E-state index is 11.5. The Labute approximate surface area is 117 Å². The van der Waals surface area contributed by atoms with Crippen LogP contribution in [0.2, 0.25) is 0 Å². The fraction of sp³-hybridized carbons (Fsp3) is 0.429. The summed E-state index contributed by atoms with van der Waals surface area (Å²) >= 11 is 0. The maximum Gasteiger partial charge on any atom is 0.407 e. The van der Waals surface area contributed by atoms with E-state index in [1.54, 1.807) is 32.9 Å². The highest BCUT2D eigenvalue weighted by Crippen LogP contribution is 2.13. The predicted octanol–water partition coefficient (Wildman–Crippen LogP) is 1.90. The number of aromatic carboxylic acids is 1. The number of carbonyl (C=O) groups excluding carboxylic acids is 1. The van der Waals surface area contributed by atoms with E-state index in [4.69, 9.17) is 14.9 Å². The normalized spacial score (nSPS) is 11.0. The third kappa shape index (κ3) is 4.89. The number of carboxylic acids is 1. The van der Waals surface area contributed by atoms with Crippen LogP contribution in [-0.2, 0) is 17.9 Å². The lowest BCUT2D eigenvalue weighted by atomic mass is 10.0. The van der Waals surface area contributed by atoms with Crippen molar-refractivity contribution in [1.82, 2.24) is 5.32 Å². The summed E-state index contributed by atoms with van der Waals surface area (Å²) in [5, 5.41) is 20.6. The standard InChI is InChI=1S/C14H19NO5/c1-14(2,3)20-13(19)15-7-9-4-5-11(12(17)18)10(6-9)8-16/h4-6,16H,7-8H2,1-3H3,(H,15,19)(H,17,18). The number of aliphatic hydroxyl groups excluding tert-OH is 1. The van der Waals surface area contributed by atoms with Crippen LogP contribution in [0.3, 0.4) is 0 Å². The van der Waals surface area contributed by atoms with Crippen LogP contribution < -0.4 is 5.32 Å². The molecule has 0 aliphatic rings. The second-order valence-corrected chi connectivity index (χ2v) is 5.31. The largest absolute Gasteiger partial charge is 0.478 e. The molecule has 0 fully saturated rings. The summed E-state index contributed by atoms with van der Waals surface area (Å²) in [7, 11) is 0. The van der Waals surface area contributed by atoms with Crippen molar-refractivity contribution in [2.24, 2.45) is 0 Å². The van der Waals surface area contributed by atoms with E-state index in [1.165, 1.54) is 6.07 Å². The Bertz CT molecular complexity index is 505. The molecule has 0 atom stereocenters. The molecule has 1 aromatic rings. The fourth-order valence-electron chi connectivity index (χ4n) is 1.58. The molecule has 0 spiro atoms. The highest BCUT2D eigenvalue weighted by molar-refractivity contribution is 5.89. The van der Waals surface area contributed by atoms with Crippen LogP contribution in [0.4, 0.5) is 4.79 Å². The summed E-state index contributed by atoms with van der Waals surface area (Å²) < 4.78 is 5.08. The summed E-state index contributed by atoms with van der Waals surface area (Å²) in [5.41, 5.74) is 0.465. The van der Waals surface area contributed by atoms with E-state index in [2.05, 4.69) is 5.32 Å². The van der Waals surface area contributed by atoms with Crippen LogP contribution in [0.15, 0.2) is 18.2 Å². The second-order valence-electron chi connectivity index (χ2n) is 5.31. The number of amides is 1. The van der Waals surface area contributed by atoms with Crippen molar-refractivity contribution in [3.05, 3.63) is 34.9 Å². The average molecular weight is 281 g/mol. The maximum absolute atomic E-state index is 11.5. The van der Waals surface area contributed by atoms with Gasteiger partial charge in [-0.1, -0.05) is 12.1 Å². The van der Waals surface area contributed by atoms with Crippen molar-refractivity contribution >= 4 is 12.1 Å². The molecule has 0 aromatic heterocycles. The first kappa shape index (κ1) is 16.0. The van der Waals surface area contributed by atoms with Crippen molar-refractivity contribution in [2.45, 2.75) is 39.5 Å². The van der Waals surface area contributed by atoms with E-state index in [0.29, 0.717) is 11.1 Å². The number of hydrogen-bond acceptors (Lipinski definition) is 4. The van der Waals surface area contributed by atoms with Gasteiger partial charge in [-0.2, -0.15) is 0 Å². The van der Waals surface area contributed by atoms with Gasteiger partial charge in [-0.05, 0) is 38.0 Å². The fourth-order valence-corrected chi connectivity index (χ4v) is 1.58. The molecule has 1 amide bonds. The quantitative estimate of drug-likeness (QED) is 0.783. The number of benzene rings is 1. The Hall–Kier alpha value is -2.08. The van der Waals surface area contributed by atoms with E-state index in [1.807, 2.05) is 0 Å². The Morgan fingerprint density at radius 3 is 2.45 bits per heavy atom. The lowest BCUT2D eigenvalue weighted by Gasteiger charge is -2.19. The van der Waals surface area contributed by atoms with Gasteiger partial charge in [0.1, 0.15) is 5.60 Å². The van der Waals surface area contributed by atoms with Crippen LogP contribution in [0, 0.1) is 0 Å². The lowest BCUT2D eigenvalue weighted by molar-refractivity contribution is 0.0522. The predicted molar refractivity (Wildman–Crippen MR) is 72.4 cm³/mol. The molecule has 0 aliphatic heterocycles. The number of ether oxygens (including phenoxy) is 1. The Kier molecular flexibility index (Phi) is 5.10. The van der Waals surface area contributed by atoms with Gasteiger partial charge < -0.3 is 20.3 Å². The molecule has 0 saturated heterocycles. The minimum atomic E-state index is -1.10. The van der Waals surface area contributed by atoms with Gasteiger partial charge in [-0.25, -0.2) is 9.59 Å². The molecule has 20 heavy (non-hydrogen) atoms. The van der Waals surface area contributed by atoms with Gasteiger partial charge in [0.25, 0.3) is 0 Å². The molecule has 0 bridgehead atoms. The molecule has 0 saturated carbocycles. The van der Waals surface area contributed by atoms with Crippen molar-refractivity contribution in [1.29, 1.82) is 0 Å². The molecule has 110 valence electrons. The number of nitrogens with one attached hydrogen (secondary N) is 1. The summed E-state index contributed by atoms with van der Waals surface area (Å²) in [5.74, 6) is -1.10. The average Bonchev–Trinajstić information content (AvgIpc) is 2.33. The number of alkyl carbamates (subject to hydrolysis) is 1. The van der Waals surface area contributed by atoms with Gasteiger partial charge in [-0.15, -0.1) is 0 Å². The molecular weight excluding hydrogens is 262 g/mol.